The molecule has 3 aromatic carbocycles. The van der Waals surface area contributed by atoms with Crippen molar-refractivity contribution < 1.29 is 4.52 Å². The van der Waals surface area contributed by atoms with Gasteiger partial charge in [-0.25, -0.2) is 4.98 Å². The average molecular weight is 427 g/mol. The van der Waals surface area contributed by atoms with Gasteiger partial charge in [0.05, 0.1) is 11.1 Å². The highest BCUT2D eigenvalue weighted by Gasteiger charge is 2.17. The fourth-order valence-corrected chi connectivity index (χ4v) is 3.65. The van der Waals surface area contributed by atoms with Gasteiger partial charge in [0.25, 0.3) is 5.89 Å². The van der Waals surface area contributed by atoms with Crippen molar-refractivity contribution in [3.8, 4) is 22.8 Å². The van der Waals surface area contributed by atoms with Crippen molar-refractivity contribution in [2.24, 2.45) is 0 Å². The predicted molar refractivity (Wildman–Crippen MR) is 124 cm³/mol. The fraction of sp³-hybridized carbons (Fsp3) is 0.0800. The quantitative estimate of drug-likeness (QED) is 0.333. The second kappa shape index (κ2) is 8.20. The Balaban J connectivity index is 1.56. The molecule has 31 heavy (non-hydrogen) atoms. The Morgan fingerprint density at radius 3 is 2.42 bits per heavy atom. The molecule has 0 aliphatic rings. The Labute approximate surface area is 184 Å². The van der Waals surface area contributed by atoms with Crippen LogP contribution >= 0.6 is 11.6 Å². The molecule has 0 bridgehead atoms. The maximum Gasteiger partial charge on any atom is 0.259 e. The van der Waals surface area contributed by atoms with Crippen molar-refractivity contribution in [3.05, 3.63) is 95.5 Å². The van der Waals surface area contributed by atoms with Crippen LogP contribution in [0.1, 0.15) is 5.56 Å². The first-order valence-corrected chi connectivity index (χ1v) is 10.3. The minimum Gasteiger partial charge on any atom is -0.355 e. The van der Waals surface area contributed by atoms with Crippen LogP contribution in [-0.4, -0.2) is 22.2 Å². The molecule has 0 saturated carbocycles. The van der Waals surface area contributed by atoms with E-state index in [9.17, 15) is 0 Å². The van der Waals surface area contributed by atoms with Gasteiger partial charge in [0, 0.05) is 29.6 Å². The van der Waals surface area contributed by atoms with E-state index < -0.39 is 0 Å². The van der Waals surface area contributed by atoms with Gasteiger partial charge in [-0.15, -0.1) is 0 Å². The van der Waals surface area contributed by atoms with Crippen LogP contribution in [0.25, 0.3) is 33.7 Å². The molecule has 0 aliphatic heterocycles. The number of rotatable bonds is 5. The Morgan fingerprint density at radius 1 is 0.871 bits per heavy atom. The van der Waals surface area contributed by atoms with Crippen LogP contribution < -0.4 is 4.90 Å². The molecule has 0 fully saturated rings. The van der Waals surface area contributed by atoms with E-state index in [0.29, 0.717) is 16.7 Å². The number of aromatic nitrogens is 3. The van der Waals surface area contributed by atoms with Crippen LogP contribution in [0.3, 0.4) is 0 Å². The van der Waals surface area contributed by atoms with Gasteiger partial charge in [0.2, 0.25) is 5.82 Å². The van der Waals surface area contributed by atoms with Gasteiger partial charge in [-0.1, -0.05) is 65.3 Å². The number of fused-ring (bicyclic) bond motifs is 1. The van der Waals surface area contributed by atoms with Crippen molar-refractivity contribution in [3.63, 3.8) is 0 Å². The van der Waals surface area contributed by atoms with Gasteiger partial charge in [-0.2, -0.15) is 4.98 Å². The standard InChI is InChI=1S/C25H19ClN4O/c1-30(16-17-7-3-2-4-8-17)23-15-21(20-9-5-6-10-22(20)27-23)25-28-24(29-31-25)18-11-13-19(26)14-12-18/h2-15H,16H2,1H3. The number of hydrogen-bond donors (Lipinski definition) is 0. The molecule has 152 valence electrons. The minimum absolute atomic E-state index is 0.456. The molecule has 5 aromatic rings. The van der Waals surface area contributed by atoms with Gasteiger partial charge in [-0.3, -0.25) is 0 Å². The lowest BCUT2D eigenvalue weighted by Crippen LogP contribution is -2.17. The second-order valence-electron chi connectivity index (χ2n) is 7.32. The largest absolute Gasteiger partial charge is 0.355 e. The molecule has 0 atom stereocenters. The zero-order valence-electron chi connectivity index (χ0n) is 16.9. The molecule has 6 heteroatoms. The molecule has 5 rings (SSSR count). The van der Waals surface area contributed by atoms with Crippen molar-refractivity contribution in [2.45, 2.75) is 6.54 Å². The summed E-state index contributed by atoms with van der Waals surface area (Å²) in [5.74, 6) is 1.81. The third-order valence-electron chi connectivity index (χ3n) is 5.12. The summed E-state index contributed by atoms with van der Waals surface area (Å²) in [5.41, 5.74) is 3.79. The Bertz CT molecular complexity index is 1330. The maximum atomic E-state index is 5.99. The van der Waals surface area contributed by atoms with Gasteiger partial charge >= 0.3 is 0 Å². The van der Waals surface area contributed by atoms with E-state index in [-0.39, 0.29) is 0 Å². The van der Waals surface area contributed by atoms with Crippen LogP contribution in [0, 0.1) is 0 Å². The van der Waals surface area contributed by atoms with Crippen molar-refractivity contribution in [1.29, 1.82) is 0 Å². The summed E-state index contributed by atoms with van der Waals surface area (Å²) >= 11 is 5.99. The summed E-state index contributed by atoms with van der Waals surface area (Å²) < 4.78 is 5.66. The minimum atomic E-state index is 0.456. The molecule has 0 amide bonds. The third-order valence-corrected chi connectivity index (χ3v) is 5.37. The first-order chi connectivity index (χ1) is 15.2. The molecule has 2 heterocycles. The number of halogens is 1. The lowest BCUT2D eigenvalue weighted by atomic mass is 10.1. The zero-order valence-corrected chi connectivity index (χ0v) is 17.6. The smallest absolute Gasteiger partial charge is 0.259 e. The number of benzene rings is 3. The van der Waals surface area contributed by atoms with E-state index in [1.165, 1.54) is 5.56 Å². The normalized spacial score (nSPS) is 11.0. The average Bonchev–Trinajstić information content (AvgIpc) is 3.29. The Hall–Kier alpha value is -3.70. The summed E-state index contributed by atoms with van der Waals surface area (Å²) in [6.07, 6.45) is 0. The molecule has 0 radical (unpaired) electrons. The summed E-state index contributed by atoms with van der Waals surface area (Å²) in [4.78, 5) is 11.6. The van der Waals surface area contributed by atoms with Crippen LogP contribution in [0.15, 0.2) is 89.5 Å². The van der Waals surface area contributed by atoms with Gasteiger partial charge < -0.3 is 9.42 Å². The number of hydrogen-bond acceptors (Lipinski definition) is 5. The molecule has 0 spiro atoms. The molecule has 2 aromatic heterocycles. The second-order valence-corrected chi connectivity index (χ2v) is 7.75. The fourth-order valence-electron chi connectivity index (χ4n) is 3.52. The van der Waals surface area contributed by atoms with Crippen molar-refractivity contribution >= 4 is 28.3 Å². The predicted octanol–water partition coefficient (Wildman–Crippen LogP) is 6.24. The summed E-state index contributed by atoms with van der Waals surface area (Å²) in [6.45, 7) is 0.742. The van der Waals surface area contributed by atoms with Crippen LogP contribution in [0.2, 0.25) is 5.02 Å². The Morgan fingerprint density at radius 2 is 1.61 bits per heavy atom. The SMILES string of the molecule is CN(Cc1ccccc1)c1cc(-c2nc(-c3ccc(Cl)cc3)no2)c2ccccc2n1. The highest BCUT2D eigenvalue weighted by molar-refractivity contribution is 6.30. The summed E-state index contributed by atoms with van der Waals surface area (Å²) in [6, 6.07) is 27.7. The number of anilines is 1. The molecule has 5 nitrogen and oxygen atoms in total. The molecule has 0 saturated heterocycles. The molecule has 0 aliphatic carbocycles. The maximum absolute atomic E-state index is 5.99. The van der Waals surface area contributed by atoms with Crippen LogP contribution in [0.4, 0.5) is 5.82 Å². The van der Waals surface area contributed by atoms with Gasteiger partial charge in [0.15, 0.2) is 0 Å². The van der Waals surface area contributed by atoms with Crippen molar-refractivity contribution in [1.82, 2.24) is 15.1 Å². The lowest BCUT2D eigenvalue weighted by Gasteiger charge is -2.19. The summed E-state index contributed by atoms with van der Waals surface area (Å²) in [7, 11) is 2.03. The van der Waals surface area contributed by atoms with Crippen molar-refractivity contribution in [2.75, 3.05) is 11.9 Å². The Kier molecular flexibility index (Phi) is 5.10. The topological polar surface area (TPSA) is 55.1 Å². The lowest BCUT2D eigenvalue weighted by molar-refractivity contribution is 0.432. The zero-order chi connectivity index (χ0) is 21.2. The van der Waals surface area contributed by atoms with Crippen LogP contribution in [-0.2, 0) is 6.54 Å². The number of para-hydroxylation sites is 1. The summed E-state index contributed by atoms with van der Waals surface area (Å²) in [5, 5.41) is 5.81. The van der Waals surface area contributed by atoms with Crippen LogP contribution in [0.5, 0.6) is 0 Å². The van der Waals surface area contributed by atoms with Gasteiger partial charge in [-0.05, 0) is 42.0 Å². The van der Waals surface area contributed by atoms with E-state index in [0.717, 1.165) is 34.4 Å². The first kappa shape index (κ1) is 19.3. The highest BCUT2D eigenvalue weighted by atomic mass is 35.5. The van der Waals surface area contributed by atoms with E-state index in [4.69, 9.17) is 21.1 Å². The van der Waals surface area contributed by atoms with E-state index in [2.05, 4.69) is 27.2 Å². The number of pyridine rings is 1. The highest BCUT2D eigenvalue weighted by Crippen LogP contribution is 2.32. The third kappa shape index (κ3) is 4.00. The first-order valence-electron chi connectivity index (χ1n) is 9.92. The number of nitrogens with zero attached hydrogens (tertiary/aromatic N) is 4. The monoisotopic (exact) mass is 426 g/mol. The molecule has 0 unspecified atom stereocenters. The van der Waals surface area contributed by atoms with E-state index in [1.54, 1.807) is 0 Å². The molecular formula is C25H19ClN4O. The molecular weight excluding hydrogens is 408 g/mol. The van der Waals surface area contributed by atoms with Gasteiger partial charge in [0.1, 0.15) is 5.82 Å². The molecule has 0 N–H and O–H groups in total. The van der Waals surface area contributed by atoms with E-state index >= 15 is 0 Å². The van der Waals surface area contributed by atoms with E-state index in [1.807, 2.05) is 79.8 Å².